The average molecular weight is 296 g/mol. The van der Waals surface area contributed by atoms with E-state index in [1.807, 2.05) is 30.3 Å². The lowest BCUT2D eigenvalue weighted by atomic mass is 10.00. The molecule has 0 saturated carbocycles. The summed E-state index contributed by atoms with van der Waals surface area (Å²) in [4.78, 5) is 3.97. The Hall–Kier alpha value is -1.13. The van der Waals surface area contributed by atoms with E-state index in [-0.39, 0.29) is 6.04 Å². The predicted molar refractivity (Wildman–Crippen MR) is 79.2 cm³/mol. The lowest BCUT2D eigenvalue weighted by Gasteiger charge is -2.16. The summed E-state index contributed by atoms with van der Waals surface area (Å²) in [6.45, 7) is 0. The molecule has 1 atom stereocenters. The Kier molecular flexibility index (Phi) is 5.16. The quantitative estimate of drug-likeness (QED) is 0.658. The van der Waals surface area contributed by atoms with Crippen LogP contribution in [-0.2, 0) is 12.8 Å². The van der Waals surface area contributed by atoms with Crippen LogP contribution in [-0.4, -0.2) is 11.0 Å². The molecule has 2 rings (SSSR count). The van der Waals surface area contributed by atoms with E-state index < -0.39 is 0 Å². The van der Waals surface area contributed by atoms with Gasteiger partial charge in [0, 0.05) is 23.5 Å². The van der Waals surface area contributed by atoms with Crippen LogP contribution in [0.5, 0.6) is 0 Å². The van der Waals surface area contributed by atoms with Crippen molar-refractivity contribution in [1.82, 2.24) is 10.4 Å². The van der Waals surface area contributed by atoms with Crippen molar-refractivity contribution in [2.45, 2.75) is 18.9 Å². The Labute approximate surface area is 122 Å². The van der Waals surface area contributed by atoms with E-state index in [9.17, 15) is 0 Å². The van der Waals surface area contributed by atoms with Gasteiger partial charge in [-0.05, 0) is 42.2 Å². The van der Waals surface area contributed by atoms with Crippen molar-refractivity contribution in [1.29, 1.82) is 0 Å². The second-order valence-corrected chi connectivity index (χ2v) is 5.21. The molecule has 0 saturated heterocycles. The molecule has 100 valence electrons. The summed E-state index contributed by atoms with van der Waals surface area (Å²) in [5, 5.41) is 1.39. The predicted octanol–water partition coefficient (Wildman–Crippen LogP) is 3.01. The number of rotatable bonds is 5. The fraction of sp³-hybridized carbons (Fsp3) is 0.214. The first-order chi connectivity index (χ1) is 9.19. The number of halogens is 2. The maximum absolute atomic E-state index is 6.10. The van der Waals surface area contributed by atoms with Crippen molar-refractivity contribution in [3.05, 3.63) is 63.9 Å². The van der Waals surface area contributed by atoms with E-state index in [0.29, 0.717) is 5.02 Å². The lowest BCUT2D eigenvalue weighted by molar-refractivity contribution is 0.522. The number of benzene rings is 1. The van der Waals surface area contributed by atoms with Crippen molar-refractivity contribution in [2.75, 3.05) is 0 Å². The molecule has 19 heavy (non-hydrogen) atoms. The molecule has 3 nitrogen and oxygen atoms in total. The molecule has 0 bridgehead atoms. The number of aromatic nitrogens is 1. The smallest absolute Gasteiger partial charge is 0.0621 e. The van der Waals surface area contributed by atoms with Gasteiger partial charge < -0.3 is 0 Å². The second-order valence-electron chi connectivity index (χ2n) is 4.37. The largest absolute Gasteiger partial charge is 0.271 e. The topological polar surface area (TPSA) is 50.9 Å². The Morgan fingerprint density at radius 2 is 2.05 bits per heavy atom. The summed E-state index contributed by atoms with van der Waals surface area (Å²) in [5.41, 5.74) is 4.99. The lowest BCUT2D eigenvalue weighted by Crippen LogP contribution is -2.38. The van der Waals surface area contributed by atoms with Gasteiger partial charge in [-0.1, -0.05) is 35.3 Å². The molecule has 0 aliphatic heterocycles. The van der Waals surface area contributed by atoms with Crippen LogP contribution in [0, 0.1) is 0 Å². The molecular formula is C14H15Cl2N3. The fourth-order valence-electron chi connectivity index (χ4n) is 1.97. The Balaban J connectivity index is 2.07. The van der Waals surface area contributed by atoms with E-state index in [2.05, 4.69) is 10.4 Å². The maximum atomic E-state index is 6.10. The van der Waals surface area contributed by atoms with Crippen LogP contribution in [0.15, 0.2) is 42.7 Å². The number of hydrogen-bond acceptors (Lipinski definition) is 3. The van der Waals surface area contributed by atoms with Crippen molar-refractivity contribution in [3.8, 4) is 0 Å². The first-order valence-electron chi connectivity index (χ1n) is 5.98. The molecule has 0 radical (unpaired) electrons. The highest BCUT2D eigenvalue weighted by molar-refractivity contribution is 6.31. The van der Waals surface area contributed by atoms with Gasteiger partial charge in [0.1, 0.15) is 0 Å². The minimum absolute atomic E-state index is 0.0957. The van der Waals surface area contributed by atoms with Gasteiger partial charge in [-0.25, -0.2) is 0 Å². The van der Waals surface area contributed by atoms with Gasteiger partial charge >= 0.3 is 0 Å². The van der Waals surface area contributed by atoms with Crippen LogP contribution in [0.25, 0.3) is 0 Å². The first-order valence-corrected chi connectivity index (χ1v) is 6.73. The van der Waals surface area contributed by atoms with Gasteiger partial charge in [-0.15, -0.1) is 0 Å². The Morgan fingerprint density at radius 1 is 1.21 bits per heavy atom. The fourth-order valence-corrected chi connectivity index (χ4v) is 2.38. The summed E-state index contributed by atoms with van der Waals surface area (Å²) in [6.07, 6.45) is 4.90. The van der Waals surface area contributed by atoms with Gasteiger partial charge in [0.15, 0.2) is 0 Å². The minimum Gasteiger partial charge on any atom is -0.271 e. The number of nitrogens with zero attached hydrogens (tertiary/aromatic N) is 1. The third kappa shape index (κ3) is 4.18. The monoisotopic (exact) mass is 295 g/mol. The van der Waals surface area contributed by atoms with Gasteiger partial charge in [0.25, 0.3) is 0 Å². The Morgan fingerprint density at radius 3 is 2.74 bits per heavy atom. The van der Waals surface area contributed by atoms with Crippen molar-refractivity contribution < 1.29 is 0 Å². The van der Waals surface area contributed by atoms with E-state index in [1.165, 1.54) is 0 Å². The normalized spacial score (nSPS) is 12.4. The van der Waals surface area contributed by atoms with Crippen molar-refractivity contribution >= 4 is 23.2 Å². The third-order valence-corrected chi connectivity index (χ3v) is 3.51. The molecule has 1 aromatic carbocycles. The summed E-state index contributed by atoms with van der Waals surface area (Å²) in [5.74, 6) is 5.61. The zero-order chi connectivity index (χ0) is 13.7. The molecule has 0 amide bonds. The highest BCUT2D eigenvalue weighted by Crippen LogP contribution is 2.18. The van der Waals surface area contributed by atoms with E-state index >= 15 is 0 Å². The molecule has 0 fully saturated rings. The highest BCUT2D eigenvalue weighted by Gasteiger charge is 2.11. The van der Waals surface area contributed by atoms with E-state index in [0.717, 1.165) is 29.0 Å². The highest BCUT2D eigenvalue weighted by atomic mass is 35.5. The molecule has 1 heterocycles. The van der Waals surface area contributed by atoms with Gasteiger partial charge in [0.2, 0.25) is 0 Å². The van der Waals surface area contributed by atoms with E-state index in [1.54, 1.807) is 12.4 Å². The standard InChI is InChI=1S/C14H15Cl2N3/c15-12-3-1-2-10(6-12)7-13(19-17)8-11-4-5-18-9-14(11)16/h1-6,9,13,19H,7-8,17H2. The van der Waals surface area contributed by atoms with Gasteiger partial charge in [-0.3, -0.25) is 16.3 Å². The molecule has 5 heteroatoms. The number of hydrogen-bond donors (Lipinski definition) is 2. The van der Waals surface area contributed by atoms with Crippen molar-refractivity contribution in [2.24, 2.45) is 5.84 Å². The number of hydrazine groups is 1. The molecular weight excluding hydrogens is 281 g/mol. The van der Waals surface area contributed by atoms with E-state index in [4.69, 9.17) is 29.0 Å². The number of pyridine rings is 1. The molecule has 3 N–H and O–H groups in total. The molecule has 0 aliphatic rings. The summed E-state index contributed by atoms with van der Waals surface area (Å²) < 4.78 is 0. The molecule has 1 unspecified atom stereocenters. The average Bonchev–Trinajstić information content (AvgIpc) is 2.40. The summed E-state index contributed by atoms with van der Waals surface area (Å²) >= 11 is 12.1. The van der Waals surface area contributed by atoms with Gasteiger partial charge in [-0.2, -0.15) is 0 Å². The number of nitrogens with one attached hydrogen (secondary N) is 1. The zero-order valence-electron chi connectivity index (χ0n) is 10.3. The van der Waals surface area contributed by atoms with Crippen LogP contribution in [0.2, 0.25) is 10.0 Å². The van der Waals surface area contributed by atoms with Crippen LogP contribution in [0.4, 0.5) is 0 Å². The third-order valence-electron chi connectivity index (χ3n) is 2.93. The summed E-state index contributed by atoms with van der Waals surface area (Å²) in [6, 6.07) is 9.77. The van der Waals surface area contributed by atoms with Crippen LogP contribution in [0.3, 0.4) is 0 Å². The maximum Gasteiger partial charge on any atom is 0.0621 e. The molecule has 2 aromatic rings. The number of nitrogens with two attached hydrogens (primary N) is 1. The molecule has 0 aliphatic carbocycles. The zero-order valence-corrected chi connectivity index (χ0v) is 11.8. The molecule has 0 spiro atoms. The van der Waals surface area contributed by atoms with Crippen LogP contribution < -0.4 is 11.3 Å². The first kappa shape index (κ1) is 14.3. The second kappa shape index (κ2) is 6.87. The van der Waals surface area contributed by atoms with Crippen LogP contribution in [0.1, 0.15) is 11.1 Å². The summed E-state index contributed by atoms with van der Waals surface area (Å²) in [7, 11) is 0. The SMILES string of the molecule is NNC(Cc1cccc(Cl)c1)Cc1ccncc1Cl. The van der Waals surface area contributed by atoms with Crippen molar-refractivity contribution in [3.63, 3.8) is 0 Å². The minimum atomic E-state index is 0.0957. The van der Waals surface area contributed by atoms with Gasteiger partial charge in [0.05, 0.1) is 5.02 Å². The molecule has 1 aromatic heterocycles. The Bertz CT molecular complexity index is 546. The van der Waals surface area contributed by atoms with Crippen LogP contribution >= 0.6 is 23.2 Å².